The predicted octanol–water partition coefficient (Wildman–Crippen LogP) is 26.0. The Bertz CT molecular complexity index is 2060. The van der Waals surface area contributed by atoms with E-state index in [1.807, 2.05) is 21.1 Å². The van der Waals surface area contributed by atoms with Crippen LogP contribution in [0.15, 0.2) is 134 Å². The van der Waals surface area contributed by atoms with Crippen molar-refractivity contribution in [2.24, 2.45) is 0 Å². The SMILES string of the molecule is CC/C=C\C/C=C\C/C=C\C/C=C\C/C=C\C/C=C\C/C=C\CCCCCCCCCCCCCCCCCCCCCC(=O)OC(COC(=O)CCCCCCCCCCCCCCCCCCCC/C=C\C/C=C\C/C=C\C/C=C\CC)COC(OCC[N+](C)(C)C)C(=O)O. The summed E-state index contributed by atoms with van der Waals surface area (Å²) in [6, 6.07) is 0. The van der Waals surface area contributed by atoms with Crippen LogP contribution in [0.5, 0.6) is 0 Å². The zero-order valence-corrected chi connectivity index (χ0v) is 63.7. The highest BCUT2D eigenvalue weighted by Crippen LogP contribution is 2.19. The van der Waals surface area contributed by atoms with E-state index in [2.05, 4.69) is 148 Å². The number of esters is 2. The van der Waals surface area contributed by atoms with Crippen LogP contribution in [0.3, 0.4) is 0 Å². The molecular weight excluding hydrogens is 1200 g/mol. The average Bonchev–Trinajstić information content (AvgIpc) is 3.27. The summed E-state index contributed by atoms with van der Waals surface area (Å²) in [5.41, 5.74) is 0. The Morgan fingerprint density at radius 3 is 0.825 bits per heavy atom. The number of aliphatic carboxylic acids is 1. The van der Waals surface area contributed by atoms with E-state index in [1.54, 1.807) is 0 Å². The molecule has 0 saturated heterocycles. The minimum atomic E-state index is -1.51. The maximum atomic E-state index is 13.0. The van der Waals surface area contributed by atoms with Crippen LogP contribution in [0.4, 0.5) is 0 Å². The molecule has 0 aliphatic rings. The van der Waals surface area contributed by atoms with Crippen molar-refractivity contribution < 1.29 is 42.9 Å². The molecule has 0 spiro atoms. The average molecular weight is 1350 g/mol. The zero-order valence-electron chi connectivity index (χ0n) is 63.7. The van der Waals surface area contributed by atoms with Gasteiger partial charge in [-0.1, -0.05) is 359 Å². The van der Waals surface area contributed by atoms with Crippen molar-refractivity contribution in [3.8, 4) is 0 Å². The molecule has 2 unspecified atom stereocenters. The van der Waals surface area contributed by atoms with Crippen LogP contribution in [0.1, 0.15) is 348 Å². The maximum absolute atomic E-state index is 13.0. The highest BCUT2D eigenvalue weighted by Gasteiger charge is 2.25. The van der Waals surface area contributed by atoms with Gasteiger partial charge in [-0.2, -0.15) is 0 Å². The van der Waals surface area contributed by atoms with Gasteiger partial charge in [0.05, 0.1) is 34.4 Å². The summed E-state index contributed by atoms with van der Waals surface area (Å²) in [5, 5.41) is 9.78. The van der Waals surface area contributed by atoms with Gasteiger partial charge in [0.1, 0.15) is 13.2 Å². The molecular formula is C88H152NO8+. The molecule has 0 aliphatic carbocycles. The van der Waals surface area contributed by atoms with Crippen molar-refractivity contribution in [1.29, 1.82) is 0 Å². The second-order valence-corrected chi connectivity index (χ2v) is 28.0. The molecule has 0 aromatic carbocycles. The monoisotopic (exact) mass is 1350 g/mol. The lowest BCUT2D eigenvalue weighted by Crippen LogP contribution is -2.40. The van der Waals surface area contributed by atoms with Crippen LogP contribution in [-0.4, -0.2) is 87.4 Å². The number of quaternary nitrogens is 1. The Balaban J connectivity index is 4.00. The molecule has 97 heavy (non-hydrogen) atoms. The quantitative estimate of drug-likeness (QED) is 0.0211. The first-order valence-electron chi connectivity index (χ1n) is 40.3. The number of carbonyl (C=O) groups excluding carboxylic acids is 2. The maximum Gasteiger partial charge on any atom is 0.361 e. The molecule has 0 rings (SSSR count). The van der Waals surface area contributed by atoms with E-state index in [4.69, 9.17) is 18.9 Å². The normalized spacial score (nSPS) is 13.4. The first-order chi connectivity index (χ1) is 47.6. The highest BCUT2D eigenvalue weighted by molar-refractivity contribution is 5.71. The van der Waals surface area contributed by atoms with Gasteiger partial charge in [0.2, 0.25) is 0 Å². The van der Waals surface area contributed by atoms with Gasteiger partial charge in [-0.15, -0.1) is 0 Å². The van der Waals surface area contributed by atoms with Gasteiger partial charge in [-0.25, -0.2) is 4.79 Å². The summed E-state index contributed by atoms with van der Waals surface area (Å²) >= 11 is 0. The summed E-state index contributed by atoms with van der Waals surface area (Å²) in [5.74, 6) is -1.99. The van der Waals surface area contributed by atoms with E-state index in [1.165, 1.54) is 212 Å². The lowest BCUT2D eigenvalue weighted by Gasteiger charge is -2.25. The highest BCUT2D eigenvalue weighted by atomic mass is 16.7. The van der Waals surface area contributed by atoms with Crippen molar-refractivity contribution >= 4 is 17.9 Å². The first kappa shape index (κ1) is 92.4. The Morgan fingerprint density at radius 2 is 0.557 bits per heavy atom. The molecule has 0 saturated carbocycles. The number of carbonyl (C=O) groups is 3. The summed E-state index contributed by atoms with van der Waals surface area (Å²) < 4.78 is 23.1. The minimum Gasteiger partial charge on any atom is -0.477 e. The number of carboxylic acid groups (broad SMARTS) is 1. The fourth-order valence-electron chi connectivity index (χ4n) is 11.3. The van der Waals surface area contributed by atoms with E-state index in [0.717, 1.165) is 109 Å². The Kier molecular flexibility index (Phi) is 73.5. The molecule has 0 aromatic heterocycles. The number of nitrogens with zero attached hydrogens (tertiary/aromatic N) is 1. The van der Waals surface area contributed by atoms with Crippen LogP contribution in [-0.2, 0) is 33.3 Å². The van der Waals surface area contributed by atoms with Gasteiger partial charge < -0.3 is 28.5 Å². The number of unbranched alkanes of at least 4 members (excludes halogenated alkanes) is 37. The van der Waals surface area contributed by atoms with Crippen LogP contribution in [0.2, 0.25) is 0 Å². The van der Waals surface area contributed by atoms with Crippen molar-refractivity contribution in [1.82, 2.24) is 0 Å². The molecule has 1 N–H and O–H groups in total. The number of hydrogen-bond donors (Lipinski definition) is 1. The molecule has 0 heterocycles. The third-order valence-electron chi connectivity index (χ3n) is 17.4. The molecule has 0 aromatic rings. The summed E-state index contributed by atoms with van der Waals surface area (Å²) in [4.78, 5) is 37.8. The van der Waals surface area contributed by atoms with Crippen LogP contribution < -0.4 is 0 Å². The Morgan fingerprint density at radius 1 is 0.309 bits per heavy atom. The zero-order chi connectivity index (χ0) is 70.4. The molecule has 2 atom stereocenters. The fourth-order valence-corrected chi connectivity index (χ4v) is 11.3. The lowest BCUT2D eigenvalue weighted by atomic mass is 10.0. The number of hydrogen-bond acceptors (Lipinski definition) is 7. The van der Waals surface area contributed by atoms with Gasteiger partial charge in [-0.3, -0.25) is 9.59 Å². The van der Waals surface area contributed by atoms with Gasteiger partial charge in [0.15, 0.2) is 6.10 Å². The Hall–Kier alpha value is -4.57. The van der Waals surface area contributed by atoms with Gasteiger partial charge in [-0.05, 0) is 109 Å². The van der Waals surface area contributed by atoms with E-state index < -0.39 is 24.3 Å². The van der Waals surface area contributed by atoms with Crippen molar-refractivity contribution in [2.75, 3.05) is 47.5 Å². The number of carboxylic acids is 1. The summed E-state index contributed by atoms with van der Waals surface area (Å²) in [7, 11) is 5.99. The minimum absolute atomic E-state index is 0.182. The molecule has 556 valence electrons. The van der Waals surface area contributed by atoms with Gasteiger partial charge in [0.25, 0.3) is 6.29 Å². The first-order valence-corrected chi connectivity index (χ1v) is 40.3. The van der Waals surface area contributed by atoms with Crippen LogP contribution in [0.25, 0.3) is 0 Å². The molecule has 0 bridgehead atoms. The fraction of sp³-hybridized carbons (Fsp3) is 0.716. The molecule has 0 radical (unpaired) electrons. The lowest BCUT2D eigenvalue weighted by molar-refractivity contribution is -0.870. The summed E-state index contributed by atoms with van der Waals surface area (Å²) in [6.45, 7) is 4.69. The molecule has 0 amide bonds. The largest absolute Gasteiger partial charge is 0.477 e. The van der Waals surface area contributed by atoms with Crippen molar-refractivity contribution in [3.05, 3.63) is 134 Å². The molecule has 9 nitrogen and oxygen atoms in total. The molecule has 0 aliphatic heterocycles. The summed E-state index contributed by atoms with van der Waals surface area (Å²) in [6.07, 6.45) is 109. The standard InChI is InChI=1S/C88H151NO8/c1-6-8-10-12-14-16-18-20-22-24-26-28-30-32-34-36-38-39-40-41-42-43-44-45-46-47-49-51-53-55-57-59-61-63-65-67-69-71-73-75-77-79-86(91)97-84(83-96-88(87(92)93)94-81-80-89(3,4)5)82-95-85(90)78-76-74-72-70-68-66-64-62-60-58-56-54-52-50-48-37-35-33-31-29-27-25-23-21-19-17-15-13-11-9-7-2/h8-11,14-17,20-23,26-29,32,34,38-39,41-42,84,88H,6-7,12-13,18-19,24-25,30-31,33,35-37,40,43-83H2,1-5H3/p+1/b10-8-,11-9-,16-14-,17-15-,22-20-,23-21-,28-26-,29-27-,34-32-,39-38-,42-41-. The van der Waals surface area contributed by atoms with E-state index in [-0.39, 0.29) is 32.2 Å². The smallest absolute Gasteiger partial charge is 0.361 e. The number of rotatable bonds is 74. The van der Waals surface area contributed by atoms with Gasteiger partial charge in [0, 0.05) is 12.8 Å². The topological polar surface area (TPSA) is 108 Å². The van der Waals surface area contributed by atoms with E-state index in [9.17, 15) is 19.5 Å². The van der Waals surface area contributed by atoms with Crippen LogP contribution in [0, 0.1) is 0 Å². The second-order valence-electron chi connectivity index (χ2n) is 28.0. The molecule has 0 fully saturated rings. The van der Waals surface area contributed by atoms with Gasteiger partial charge >= 0.3 is 17.9 Å². The van der Waals surface area contributed by atoms with E-state index in [0.29, 0.717) is 17.4 Å². The number of likely N-dealkylation sites (N-methyl/N-ethyl adjacent to an activating group) is 1. The van der Waals surface area contributed by atoms with Crippen LogP contribution >= 0.6 is 0 Å². The molecule has 9 heteroatoms. The second kappa shape index (κ2) is 77.2. The number of ether oxygens (including phenoxy) is 4. The third-order valence-corrected chi connectivity index (χ3v) is 17.4. The van der Waals surface area contributed by atoms with Crippen molar-refractivity contribution in [2.45, 2.75) is 360 Å². The number of allylic oxidation sites excluding steroid dienone is 22. The Labute approximate surface area is 599 Å². The third kappa shape index (κ3) is 78.6. The van der Waals surface area contributed by atoms with Crippen molar-refractivity contribution in [3.63, 3.8) is 0 Å². The predicted molar refractivity (Wildman–Crippen MR) is 419 cm³/mol. The van der Waals surface area contributed by atoms with E-state index >= 15 is 0 Å².